The number of nitrogens with zero attached hydrogens (tertiary/aromatic N) is 1. The summed E-state index contributed by atoms with van der Waals surface area (Å²) in [4.78, 5) is 17.2. The number of amides is 1. The van der Waals surface area contributed by atoms with Crippen molar-refractivity contribution in [3.8, 4) is 17.2 Å². The second kappa shape index (κ2) is 9.42. The highest BCUT2D eigenvalue weighted by atomic mass is 32.1. The van der Waals surface area contributed by atoms with Crippen LogP contribution < -0.4 is 15.4 Å². The molecule has 0 saturated heterocycles. The van der Waals surface area contributed by atoms with E-state index >= 15 is 0 Å². The van der Waals surface area contributed by atoms with Gasteiger partial charge < -0.3 is 14.5 Å². The molecule has 7 heteroatoms. The maximum Gasteiger partial charge on any atom is 0.257 e. The summed E-state index contributed by atoms with van der Waals surface area (Å²) in [7, 11) is 0. The van der Waals surface area contributed by atoms with Crippen LogP contribution in [0, 0.1) is 13.8 Å². The number of aryl methyl sites for hydroxylation is 2. The first kappa shape index (κ1) is 22.5. The molecule has 4 rings (SSSR count). The van der Waals surface area contributed by atoms with Gasteiger partial charge in [-0.3, -0.25) is 10.1 Å². The Hall–Kier alpha value is -3.71. The number of hydrogen-bond acceptors (Lipinski definition) is 5. The summed E-state index contributed by atoms with van der Waals surface area (Å²) in [6.45, 7) is 7.96. The summed E-state index contributed by atoms with van der Waals surface area (Å²) in [5.74, 6) is 0.877. The largest absolute Gasteiger partial charge is 0.491 e. The number of nitrogens with one attached hydrogen (secondary N) is 2. The van der Waals surface area contributed by atoms with Gasteiger partial charge in [-0.1, -0.05) is 23.3 Å². The molecular formula is C26H25N3O3S. The van der Waals surface area contributed by atoms with Gasteiger partial charge >= 0.3 is 0 Å². The number of rotatable bonds is 5. The molecule has 1 heterocycles. The zero-order chi connectivity index (χ0) is 23.5. The van der Waals surface area contributed by atoms with Gasteiger partial charge in [0.2, 0.25) is 5.89 Å². The highest BCUT2D eigenvalue weighted by Gasteiger charge is 2.12. The number of oxazole rings is 1. The number of thiocarbonyl (C=S) groups is 1. The van der Waals surface area contributed by atoms with E-state index in [1.165, 1.54) is 0 Å². The van der Waals surface area contributed by atoms with Crippen molar-refractivity contribution in [2.45, 2.75) is 33.8 Å². The molecule has 0 unspecified atom stereocenters. The molecule has 0 aliphatic heterocycles. The molecule has 0 spiro atoms. The van der Waals surface area contributed by atoms with Crippen LogP contribution in [0.4, 0.5) is 5.69 Å². The van der Waals surface area contributed by atoms with Gasteiger partial charge in [0, 0.05) is 16.8 Å². The number of carbonyl (C=O) groups excluding carboxylic acids is 1. The van der Waals surface area contributed by atoms with E-state index in [0.29, 0.717) is 34.0 Å². The van der Waals surface area contributed by atoms with Crippen LogP contribution in [0.15, 0.2) is 65.1 Å². The number of ether oxygens (including phenoxy) is 1. The first-order chi connectivity index (χ1) is 15.8. The average molecular weight is 460 g/mol. The molecule has 2 N–H and O–H groups in total. The average Bonchev–Trinajstić information content (AvgIpc) is 3.16. The molecule has 4 aromatic rings. The van der Waals surface area contributed by atoms with Crippen LogP contribution in [0.3, 0.4) is 0 Å². The number of fused-ring (bicyclic) bond motifs is 1. The van der Waals surface area contributed by atoms with Crippen LogP contribution >= 0.6 is 12.2 Å². The lowest BCUT2D eigenvalue weighted by Gasteiger charge is -2.12. The molecule has 0 bridgehead atoms. The first-order valence-electron chi connectivity index (χ1n) is 10.6. The lowest BCUT2D eigenvalue weighted by Crippen LogP contribution is -2.34. The number of carbonyl (C=O) groups is 1. The lowest BCUT2D eigenvalue weighted by atomic mass is 10.1. The van der Waals surface area contributed by atoms with E-state index in [2.05, 4.69) is 21.7 Å². The van der Waals surface area contributed by atoms with Gasteiger partial charge in [0.05, 0.1) is 6.10 Å². The maximum atomic E-state index is 12.6. The topological polar surface area (TPSA) is 76.4 Å². The van der Waals surface area contributed by atoms with Gasteiger partial charge in [-0.15, -0.1) is 0 Å². The van der Waals surface area contributed by atoms with Crippen molar-refractivity contribution < 1.29 is 13.9 Å². The Bertz CT molecular complexity index is 1320. The second-order valence-corrected chi connectivity index (χ2v) is 8.59. The molecule has 0 aliphatic rings. The Balaban J connectivity index is 1.46. The zero-order valence-corrected chi connectivity index (χ0v) is 19.7. The quantitative estimate of drug-likeness (QED) is 0.355. The Morgan fingerprint density at radius 2 is 1.79 bits per heavy atom. The van der Waals surface area contributed by atoms with Crippen LogP contribution in [0.1, 0.15) is 35.3 Å². The molecule has 3 aromatic carbocycles. The third-order valence-electron chi connectivity index (χ3n) is 4.81. The van der Waals surface area contributed by atoms with Crippen molar-refractivity contribution in [1.82, 2.24) is 10.3 Å². The van der Waals surface area contributed by atoms with Crippen molar-refractivity contribution in [3.05, 3.63) is 77.4 Å². The molecule has 0 aliphatic carbocycles. The normalized spacial score (nSPS) is 10.9. The summed E-state index contributed by atoms with van der Waals surface area (Å²) in [6, 6.07) is 18.7. The molecule has 168 valence electrons. The van der Waals surface area contributed by atoms with E-state index in [1.807, 2.05) is 64.1 Å². The summed E-state index contributed by atoms with van der Waals surface area (Å²) >= 11 is 5.33. The van der Waals surface area contributed by atoms with Gasteiger partial charge in [0.15, 0.2) is 10.7 Å². The summed E-state index contributed by atoms with van der Waals surface area (Å²) < 4.78 is 11.6. The van der Waals surface area contributed by atoms with Gasteiger partial charge in [-0.05, 0) is 88.4 Å². The molecule has 0 saturated carbocycles. The Labute approximate surface area is 198 Å². The van der Waals surface area contributed by atoms with Crippen molar-refractivity contribution in [2.24, 2.45) is 0 Å². The van der Waals surface area contributed by atoms with E-state index in [-0.39, 0.29) is 17.1 Å². The summed E-state index contributed by atoms with van der Waals surface area (Å²) in [5, 5.41) is 5.92. The smallest absolute Gasteiger partial charge is 0.257 e. The van der Waals surface area contributed by atoms with Gasteiger partial charge in [-0.25, -0.2) is 4.98 Å². The Kier molecular flexibility index (Phi) is 6.42. The maximum absolute atomic E-state index is 12.6. The van der Waals surface area contributed by atoms with Crippen LogP contribution in [0.2, 0.25) is 0 Å². The Morgan fingerprint density at radius 1 is 1.03 bits per heavy atom. The predicted octanol–water partition coefficient (Wildman–Crippen LogP) is 6.03. The van der Waals surface area contributed by atoms with Gasteiger partial charge in [-0.2, -0.15) is 0 Å². The zero-order valence-electron chi connectivity index (χ0n) is 18.9. The highest BCUT2D eigenvalue weighted by Crippen LogP contribution is 2.27. The Morgan fingerprint density at radius 3 is 2.52 bits per heavy atom. The highest BCUT2D eigenvalue weighted by molar-refractivity contribution is 7.80. The minimum Gasteiger partial charge on any atom is -0.491 e. The van der Waals surface area contributed by atoms with E-state index < -0.39 is 0 Å². The SMILES string of the molecule is Cc1cc(C)cc(-c2nc3cc(NC(=S)NC(=O)c4cccc(OC(C)C)c4)ccc3o2)c1. The standard InChI is InChI=1S/C26H25N3O3S/c1-15(2)31-21-7-5-6-18(13-21)24(30)29-26(33)27-20-8-9-23-22(14-20)28-25(32-23)19-11-16(3)10-17(4)12-19/h5-15H,1-4H3,(H2,27,29,30,33). The van der Waals surface area contributed by atoms with Crippen LogP contribution in [-0.4, -0.2) is 22.1 Å². The second-order valence-electron chi connectivity index (χ2n) is 8.18. The molecule has 1 aromatic heterocycles. The fraction of sp³-hybridized carbons (Fsp3) is 0.192. The van der Waals surface area contributed by atoms with Crippen LogP contribution in [0.25, 0.3) is 22.6 Å². The molecule has 6 nitrogen and oxygen atoms in total. The van der Waals surface area contributed by atoms with E-state index in [4.69, 9.17) is 21.4 Å². The van der Waals surface area contributed by atoms with Gasteiger partial charge in [0.1, 0.15) is 11.3 Å². The molecule has 0 fully saturated rings. The number of benzene rings is 3. The molecule has 33 heavy (non-hydrogen) atoms. The molecule has 0 atom stereocenters. The number of hydrogen-bond donors (Lipinski definition) is 2. The molecular weight excluding hydrogens is 434 g/mol. The van der Waals surface area contributed by atoms with Crippen molar-refractivity contribution >= 4 is 40.0 Å². The third-order valence-corrected chi connectivity index (χ3v) is 5.01. The number of aromatic nitrogens is 1. The van der Waals surface area contributed by atoms with Crippen molar-refractivity contribution in [1.29, 1.82) is 0 Å². The third kappa shape index (κ3) is 5.56. The van der Waals surface area contributed by atoms with Gasteiger partial charge in [0.25, 0.3) is 5.91 Å². The molecule has 0 radical (unpaired) electrons. The molecule has 1 amide bonds. The van der Waals surface area contributed by atoms with E-state index in [0.717, 1.165) is 16.7 Å². The van der Waals surface area contributed by atoms with Crippen LogP contribution in [-0.2, 0) is 0 Å². The lowest BCUT2D eigenvalue weighted by molar-refractivity contribution is 0.0977. The summed E-state index contributed by atoms with van der Waals surface area (Å²) in [6.07, 6.45) is 0.0213. The summed E-state index contributed by atoms with van der Waals surface area (Å²) in [5.41, 5.74) is 5.76. The minimum absolute atomic E-state index is 0.0213. The van der Waals surface area contributed by atoms with Crippen molar-refractivity contribution in [2.75, 3.05) is 5.32 Å². The first-order valence-corrected chi connectivity index (χ1v) is 11.1. The minimum atomic E-state index is -0.318. The monoisotopic (exact) mass is 459 g/mol. The van der Waals surface area contributed by atoms with E-state index in [9.17, 15) is 4.79 Å². The van der Waals surface area contributed by atoms with Crippen LogP contribution in [0.5, 0.6) is 5.75 Å². The fourth-order valence-corrected chi connectivity index (χ4v) is 3.76. The number of anilines is 1. The fourth-order valence-electron chi connectivity index (χ4n) is 3.55. The predicted molar refractivity (Wildman–Crippen MR) is 135 cm³/mol. The van der Waals surface area contributed by atoms with E-state index in [1.54, 1.807) is 18.2 Å². The van der Waals surface area contributed by atoms with Crippen molar-refractivity contribution in [3.63, 3.8) is 0 Å².